The van der Waals surface area contributed by atoms with Crippen LogP contribution in [0.25, 0.3) is 23.0 Å². The summed E-state index contributed by atoms with van der Waals surface area (Å²) < 4.78 is 3.99. The van der Waals surface area contributed by atoms with Crippen LogP contribution in [0.15, 0.2) is 91.5 Å². The lowest BCUT2D eigenvalue weighted by Crippen LogP contribution is -2.04. The fourth-order valence-electron chi connectivity index (χ4n) is 3.38. The molecule has 0 bridgehead atoms. The molecule has 3 heterocycles. The summed E-state index contributed by atoms with van der Waals surface area (Å²) in [5.41, 5.74) is 3.85. The average Bonchev–Trinajstić information content (AvgIpc) is 3.45. The van der Waals surface area contributed by atoms with Crippen molar-refractivity contribution in [1.29, 1.82) is 0 Å². The molecule has 30 heavy (non-hydrogen) atoms. The van der Waals surface area contributed by atoms with E-state index >= 15 is 0 Å². The number of pyridine rings is 1. The molecule has 5 aromatic rings. The van der Waals surface area contributed by atoms with Crippen molar-refractivity contribution in [3.05, 3.63) is 103 Å². The highest BCUT2D eigenvalue weighted by atomic mass is 15.3. The maximum atomic E-state index is 4.82. The Labute approximate surface area is 173 Å². The number of hydrogen-bond donors (Lipinski definition) is 0. The van der Waals surface area contributed by atoms with Crippen molar-refractivity contribution in [2.75, 3.05) is 0 Å². The molecular formula is C23H19N7. The van der Waals surface area contributed by atoms with E-state index in [-0.39, 0.29) is 0 Å². The van der Waals surface area contributed by atoms with Gasteiger partial charge in [-0.25, -0.2) is 4.98 Å². The number of benzene rings is 2. The van der Waals surface area contributed by atoms with Crippen molar-refractivity contribution in [2.24, 2.45) is 0 Å². The zero-order valence-corrected chi connectivity index (χ0v) is 16.2. The molecule has 7 heteroatoms. The highest BCUT2D eigenvalue weighted by molar-refractivity contribution is 5.57. The minimum Gasteiger partial charge on any atom is -0.308 e. The summed E-state index contributed by atoms with van der Waals surface area (Å²) in [6.45, 7) is 1.36. The van der Waals surface area contributed by atoms with Crippen LogP contribution in [-0.2, 0) is 13.1 Å². The first-order valence-electron chi connectivity index (χ1n) is 9.68. The van der Waals surface area contributed by atoms with E-state index in [4.69, 9.17) is 4.98 Å². The zero-order valence-electron chi connectivity index (χ0n) is 16.2. The van der Waals surface area contributed by atoms with E-state index in [1.807, 2.05) is 63.7 Å². The van der Waals surface area contributed by atoms with Gasteiger partial charge in [0.05, 0.1) is 13.1 Å². The standard InChI is InChI=1S/C23H19N7/c1-3-8-18(9-4-1)14-29-16-24-27-22(29)20-12-7-13-21(26-20)23-28-25-17-30(23)15-19-10-5-2-6-11-19/h1-13,16-17H,14-15H2. The third-order valence-electron chi connectivity index (χ3n) is 4.83. The molecule has 5 rings (SSSR count). The SMILES string of the molecule is c1ccc(Cn2cnnc2-c2cccc(-c3nncn3Cc3ccccc3)n2)cc1. The van der Waals surface area contributed by atoms with E-state index in [1.165, 1.54) is 11.1 Å². The van der Waals surface area contributed by atoms with Crippen LogP contribution < -0.4 is 0 Å². The molecule has 0 radical (unpaired) electrons. The summed E-state index contributed by atoms with van der Waals surface area (Å²) in [4.78, 5) is 4.82. The Balaban J connectivity index is 1.46. The van der Waals surface area contributed by atoms with Crippen LogP contribution >= 0.6 is 0 Å². The summed E-state index contributed by atoms with van der Waals surface area (Å²) in [6.07, 6.45) is 3.46. The molecule has 0 aliphatic heterocycles. The molecule has 0 fully saturated rings. The Bertz CT molecular complexity index is 1150. The van der Waals surface area contributed by atoms with Crippen molar-refractivity contribution in [2.45, 2.75) is 13.1 Å². The Hall–Kier alpha value is -4.13. The van der Waals surface area contributed by atoms with Crippen LogP contribution in [0, 0.1) is 0 Å². The molecule has 0 aliphatic rings. The number of aromatic nitrogens is 7. The lowest BCUT2D eigenvalue weighted by Gasteiger charge is -2.09. The van der Waals surface area contributed by atoms with Gasteiger partial charge in [0.25, 0.3) is 0 Å². The molecule has 0 amide bonds. The highest BCUT2D eigenvalue weighted by Crippen LogP contribution is 2.21. The Kier molecular flexibility index (Phi) is 4.83. The van der Waals surface area contributed by atoms with Crippen molar-refractivity contribution in [1.82, 2.24) is 34.5 Å². The first-order valence-corrected chi connectivity index (χ1v) is 9.68. The van der Waals surface area contributed by atoms with E-state index < -0.39 is 0 Å². The van der Waals surface area contributed by atoms with Gasteiger partial charge in [-0.2, -0.15) is 0 Å². The van der Waals surface area contributed by atoms with Gasteiger partial charge in [-0.05, 0) is 23.3 Å². The summed E-state index contributed by atoms with van der Waals surface area (Å²) >= 11 is 0. The minimum absolute atomic E-state index is 0.680. The predicted octanol–water partition coefficient (Wildman–Crippen LogP) is 3.70. The fraction of sp³-hybridized carbons (Fsp3) is 0.0870. The monoisotopic (exact) mass is 393 g/mol. The van der Waals surface area contributed by atoms with E-state index in [2.05, 4.69) is 44.7 Å². The molecule has 0 aliphatic carbocycles. The summed E-state index contributed by atoms with van der Waals surface area (Å²) in [6, 6.07) is 26.3. The van der Waals surface area contributed by atoms with Gasteiger partial charge in [-0.15, -0.1) is 20.4 Å². The van der Waals surface area contributed by atoms with E-state index in [1.54, 1.807) is 12.7 Å². The average molecular weight is 393 g/mol. The van der Waals surface area contributed by atoms with Gasteiger partial charge in [0.15, 0.2) is 11.6 Å². The molecule has 0 saturated heterocycles. The summed E-state index contributed by atoms with van der Waals surface area (Å²) in [7, 11) is 0. The fourth-order valence-corrected chi connectivity index (χ4v) is 3.38. The molecule has 2 aromatic carbocycles. The quantitative estimate of drug-likeness (QED) is 0.440. The number of hydrogen-bond acceptors (Lipinski definition) is 5. The lowest BCUT2D eigenvalue weighted by atomic mass is 10.2. The molecule has 0 atom stereocenters. The first kappa shape index (κ1) is 17.9. The summed E-state index contributed by atoms with van der Waals surface area (Å²) in [5, 5.41) is 16.8. The first-order chi connectivity index (χ1) is 14.9. The maximum Gasteiger partial charge on any atom is 0.182 e. The van der Waals surface area contributed by atoms with Crippen molar-refractivity contribution in [3.8, 4) is 23.0 Å². The maximum absolute atomic E-state index is 4.82. The smallest absolute Gasteiger partial charge is 0.182 e. The Morgan fingerprint density at radius 2 is 1.00 bits per heavy atom. The van der Waals surface area contributed by atoms with Crippen LogP contribution in [0.2, 0.25) is 0 Å². The third kappa shape index (κ3) is 3.73. The second-order valence-electron chi connectivity index (χ2n) is 6.94. The highest BCUT2D eigenvalue weighted by Gasteiger charge is 2.14. The van der Waals surface area contributed by atoms with Gasteiger partial charge in [0, 0.05) is 0 Å². The van der Waals surface area contributed by atoms with Gasteiger partial charge in [0.1, 0.15) is 24.0 Å². The van der Waals surface area contributed by atoms with Crippen molar-refractivity contribution < 1.29 is 0 Å². The molecular weight excluding hydrogens is 374 g/mol. The summed E-state index contributed by atoms with van der Waals surface area (Å²) in [5.74, 6) is 1.43. The van der Waals surface area contributed by atoms with Gasteiger partial charge < -0.3 is 9.13 Å². The van der Waals surface area contributed by atoms with Gasteiger partial charge in [0.2, 0.25) is 0 Å². The van der Waals surface area contributed by atoms with Crippen LogP contribution in [0.1, 0.15) is 11.1 Å². The molecule has 0 saturated carbocycles. The minimum atomic E-state index is 0.680. The molecule has 0 N–H and O–H groups in total. The van der Waals surface area contributed by atoms with Gasteiger partial charge in [-0.1, -0.05) is 66.7 Å². The molecule has 0 unspecified atom stereocenters. The molecule has 7 nitrogen and oxygen atoms in total. The predicted molar refractivity (Wildman–Crippen MR) is 113 cm³/mol. The molecule has 0 spiro atoms. The largest absolute Gasteiger partial charge is 0.308 e. The number of rotatable bonds is 6. The normalized spacial score (nSPS) is 10.9. The molecule has 146 valence electrons. The van der Waals surface area contributed by atoms with Gasteiger partial charge in [-0.3, -0.25) is 0 Å². The third-order valence-corrected chi connectivity index (χ3v) is 4.83. The van der Waals surface area contributed by atoms with Crippen LogP contribution in [0.4, 0.5) is 0 Å². The van der Waals surface area contributed by atoms with Crippen molar-refractivity contribution >= 4 is 0 Å². The second kappa shape index (κ2) is 8.08. The molecule has 3 aromatic heterocycles. The van der Waals surface area contributed by atoms with Crippen LogP contribution in [-0.4, -0.2) is 34.5 Å². The zero-order chi connectivity index (χ0) is 20.2. The lowest BCUT2D eigenvalue weighted by molar-refractivity contribution is 0.795. The second-order valence-corrected chi connectivity index (χ2v) is 6.94. The topological polar surface area (TPSA) is 74.3 Å². The van der Waals surface area contributed by atoms with Crippen molar-refractivity contribution in [3.63, 3.8) is 0 Å². The van der Waals surface area contributed by atoms with Crippen LogP contribution in [0.3, 0.4) is 0 Å². The van der Waals surface area contributed by atoms with Crippen LogP contribution in [0.5, 0.6) is 0 Å². The van der Waals surface area contributed by atoms with E-state index in [0.717, 1.165) is 23.0 Å². The van der Waals surface area contributed by atoms with E-state index in [0.29, 0.717) is 13.1 Å². The Morgan fingerprint density at radius 3 is 1.47 bits per heavy atom. The van der Waals surface area contributed by atoms with E-state index in [9.17, 15) is 0 Å². The Morgan fingerprint density at radius 1 is 0.533 bits per heavy atom. The number of nitrogens with zero attached hydrogens (tertiary/aromatic N) is 7. The van der Waals surface area contributed by atoms with Gasteiger partial charge >= 0.3 is 0 Å².